The Labute approximate surface area is 258 Å². The van der Waals surface area contributed by atoms with Gasteiger partial charge in [0.05, 0.1) is 26.9 Å². The van der Waals surface area contributed by atoms with Crippen molar-refractivity contribution in [1.29, 1.82) is 0 Å². The number of benzene rings is 3. The Morgan fingerprint density at radius 2 is 1.68 bits per heavy atom. The quantitative estimate of drug-likeness (QED) is 0.445. The molecule has 3 aromatic carbocycles. The van der Waals surface area contributed by atoms with Gasteiger partial charge in [-0.2, -0.15) is 4.31 Å². The van der Waals surface area contributed by atoms with Gasteiger partial charge in [0.15, 0.2) is 0 Å². The van der Waals surface area contributed by atoms with Crippen molar-refractivity contribution in [2.45, 2.75) is 54.8 Å². The van der Waals surface area contributed by atoms with Gasteiger partial charge in [-0.05, 0) is 65.9 Å². The van der Waals surface area contributed by atoms with Crippen LogP contribution in [0.25, 0.3) is 11.1 Å². The van der Waals surface area contributed by atoms with E-state index in [1.165, 1.54) is 11.6 Å². The Kier molecular flexibility index (Phi) is 8.56. The van der Waals surface area contributed by atoms with E-state index < -0.39 is 27.7 Å². The third-order valence-electron chi connectivity index (χ3n) is 9.07. The molecule has 2 saturated heterocycles. The lowest BCUT2D eigenvalue weighted by Crippen LogP contribution is -2.59. The van der Waals surface area contributed by atoms with Crippen LogP contribution in [0.1, 0.15) is 31.2 Å². The molecule has 3 heterocycles. The number of amides is 1. The molecular weight excluding hydrogens is 582 g/mol. The van der Waals surface area contributed by atoms with Crippen molar-refractivity contribution < 1.29 is 32.5 Å². The first-order valence-electron chi connectivity index (χ1n) is 15.0. The van der Waals surface area contributed by atoms with Crippen molar-refractivity contribution in [3.8, 4) is 28.4 Å². The largest absolute Gasteiger partial charge is 0.497 e. The number of carbonyl (C=O) groups excluding carboxylic acids is 1. The summed E-state index contributed by atoms with van der Waals surface area (Å²) < 4.78 is 46.1. The molecule has 44 heavy (non-hydrogen) atoms. The van der Waals surface area contributed by atoms with Crippen molar-refractivity contribution in [1.82, 2.24) is 14.5 Å². The Morgan fingerprint density at radius 1 is 0.955 bits per heavy atom. The van der Waals surface area contributed by atoms with Crippen LogP contribution in [0.3, 0.4) is 0 Å². The van der Waals surface area contributed by atoms with Crippen LogP contribution in [-0.2, 0) is 21.4 Å². The van der Waals surface area contributed by atoms with E-state index >= 15 is 0 Å². The molecule has 2 atom stereocenters. The molecule has 1 spiro atoms. The number of piperidine rings is 1. The number of rotatable bonds is 5. The van der Waals surface area contributed by atoms with Gasteiger partial charge in [-0.25, -0.2) is 8.42 Å². The van der Waals surface area contributed by atoms with Crippen LogP contribution in [0.4, 0.5) is 0 Å². The Hall–Kier alpha value is -3.64. The smallest absolute Gasteiger partial charge is 0.247 e. The van der Waals surface area contributed by atoms with E-state index in [1.54, 1.807) is 26.4 Å². The van der Waals surface area contributed by atoms with Crippen LogP contribution in [0, 0.1) is 0 Å². The van der Waals surface area contributed by atoms with Crippen LogP contribution in [0.15, 0.2) is 71.6 Å². The predicted molar refractivity (Wildman–Crippen MR) is 165 cm³/mol. The predicted octanol–water partition coefficient (Wildman–Crippen LogP) is 3.43. The summed E-state index contributed by atoms with van der Waals surface area (Å²) in [6, 6.07) is 19.5. The molecule has 3 aliphatic rings. The SMILES string of the molecule is COc1ccc(CN2CCC3(CCOc4cc(-c5cccc(OC)c5)ccc4S(=O)(=O)N4C[C@H](O)C[C@H]4C(=O)N3)CC2)cc1. The zero-order chi connectivity index (χ0) is 30.9. The van der Waals surface area contributed by atoms with E-state index in [2.05, 4.69) is 22.3 Å². The van der Waals surface area contributed by atoms with Crippen molar-refractivity contribution in [2.24, 2.45) is 0 Å². The van der Waals surface area contributed by atoms with Crippen LogP contribution >= 0.6 is 0 Å². The monoisotopic (exact) mass is 621 g/mol. The molecule has 0 saturated carbocycles. The van der Waals surface area contributed by atoms with Gasteiger partial charge >= 0.3 is 0 Å². The number of aliphatic hydroxyl groups is 1. The summed E-state index contributed by atoms with van der Waals surface area (Å²) in [5, 5.41) is 13.8. The fourth-order valence-corrected chi connectivity index (χ4v) is 8.25. The summed E-state index contributed by atoms with van der Waals surface area (Å²) in [7, 11) is -0.910. The molecule has 11 heteroatoms. The second-order valence-electron chi connectivity index (χ2n) is 11.9. The molecule has 3 aliphatic heterocycles. The lowest BCUT2D eigenvalue weighted by molar-refractivity contribution is -0.127. The first kappa shape index (κ1) is 30.4. The maximum absolute atomic E-state index is 14.0. The Morgan fingerprint density at radius 3 is 2.41 bits per heavy atom. The highest BCUT2D eigenvalue weighted by atomic mass is 32.2. The first-order chi connectivity index (χ1) is 21.2. The number of methoxy groups -OCH3 is 2. The minimum absolute atomic E-state index is 0.0127. The van der Waals surface area contributed by atoms with E-state index in [9.17, 15) is 18.3 Å². The molecular formula is C33H39N3O7S. The molecule has 1 amide bonds. The number of hydrogen-bond acceptors (Lipinski definition) is 8. The van der Waals surface area contributed by atoms with Gasteiger partial charge in [0, 0.05) is 44.6 Å². The van der Waals surface area contributed by atoms with E-state index in [-0.39, 0.29) is 36.1 Å². The molecule has 10 nitrogen and oxygen atoms in total. The molecule has 0 bridgehead atoms. The fraction of sp³-hybridized carbons (Fsp3) is 0.424. The Balaban J connectivity index is 1.28. The summed E-state index contributed by atoms with van der Waals surface area (Å²) in [6.07, 6.45) is 1.01. The van der Waals surface area contributed by atoms with E-state index in [4.69, 9.17) is 14.2 Å². The van der Waals surface area contributed by atoms with Crippen molar-refractivity contribution in [3.63, 3.8) is 0 Å². The second kappa shape index (κ2) is 12.4. The van der Waals surface area contributed by atoms with Gasteiger partial charge in [-0.1, -0.05) is 30.3 Å². The first-order valence-corrected chi connectivity index (χ1v) is 16.4. The highest BCUT2D eigenvalue weighted by molar-refractivity contribution is 7.89. The molecule has 3 aromatic rings. The van der Waals surface area contributed by atoms with Crippen LogP contribution in [0.2, 0.25) is 0 Å². The van der Waals surface area contributed by atoms with Crippen molar-refractivity contribution in [3.05, 3.63) is 72.3 Å². The van der Waals surface area contributed by atoms with Gasteiger partial charge in [-0.15, -0.1) is 0 Å². The number of ether oxygens (including phenoxy) is 3. The molecule has 0 radical (unpaired) electrons. The average molecular weight is 622 g/mol. The van der Waals surface area contributed by atoms with Gasteiger partial charge in [0.25, 0.3) is 0 Å². The zero-order valence-corrected chi connectivity index (χ0v) is 25.9. The van der Waals surface area contributed by atoms with E-state index in [0.29, 0.717) is 25.0 Å². The van der Waals surface area contributed by atoms with Gasteiger partial charge in [-0.3, -0.25) is 9.69 Å². The van der Waals surface area contributed by atoms with Crippen LogP contribution in [-0.4, -0.2) is 86.8 Å². The number of fused-ring (bicyclic) bond motifs is 2. The summed E-state index contributed by atoms with van der Waals surface area (Å²) >= 11 is 0. The molecule has 234 valence electrons. The molecule has 0 unspecified atom stereocenters. The highest BCUT2D eigenvalue weighted by Gasteiger charge is 2.47. The maximum atomic E-state index is 14.0. The normalized spacial score (nSPS) is 23.5. The summed E-state index contributed by atoms with van der Waals surface area (Å²) in [4.78, 5) is 16.1. The number of hydrogen-bond donors (Lipinski definition) is 2. The zero-order valence-electron chi connectivity index (χ0n) is 25.1. The topological polar surface area (TPSA) is 118 Å². The minimum Gasteiger partial charge on any atom is -0.497 e. The van der Waals surface area contributed by atoms with E-state index in [1.807, 2.05) is 36.4 Å². The second-order valence-corrected chi connectivity index (χ2v) is 13.7. The summed E-state index contributed by atoms with van der Waals surface area (Å²) in [5.74, 6) is 1.36. The fourth-order valence-electron chi connectivity index (χ4n) is 6.50. The molecule has 2 N–H and O–H groups in total. The number of aliphatic hydroxyl groups excluding tert-OH is 1. The average Bonchev–Trinajstić information content (AvgIpc) is 3.45. The van der Waals surface area contributed by atoms with E-state index in [0.717, 1.165) is 40.8 Å². The number of likely N-dealkylation sites (tertiary alicyclic amines) is 1. The van der Waals surface area contributed by atoms with Crippen LogP contribution in [0.5, 0.6) is 17.2 Å². The minimum atomic E-state index is -4.16. The molecule has 6 rings (SSSR count). The molecule has 0 aliphatic carbocycles. The third kappa shape index (κ3) is 6.14. The third-order valence-corrected chi connectivity index (χ3v) is 11.0. The Bertz CT molecular complexity index is 1600. The molecule has 0 aromatic heterocycles. The molecule has 2 fully saturated rings. The summed E-state index contributed by atoms with van der Waals surface area (Å²) in [5.41, 5.74) is 2.25. The lowest BCUT2D eigenvalue weighted by Gasteiger charge is -2.43. The number of carbonyl (C=O) groups is 1. The number of nitrogens with one attached hydrogen (secondary N) is 1. The van der Waals surface area contributed by atoms with Gasteiger partial charge in [0.2, 0.25) is 15.9 Å². The lowest BCUT2D eigenvalue weighted by atomic mass is 9.84. The number of sulfonamides is 1. The maximum Gasteiger partial charge on any atom is 0.247 e. The highest BCUT2D eigenvalue weighted by Crippen LogP contribution is 2.38. The van der Waals surface area contributed by atoms with Crippen LogP contribution < -0.4 is 19.5 Å². The van der Waals surface area contributed by atoms with Crippen molar-refractivity contribution >= 4 is 15.9 Å². The van der Waals surface area contributed by atoms with Crippen molar-refractivity contribution in [2.75, 3.05) is 40.5 Å². The van der Waals surface area contributed by atoms with Gasteiger partial charge in [0.1, 0.15) is 28.2 Å². The standard InChI is InChI=1S/C33H39N3O7S/c1-41-27-9-6-23(7-10-27)21-35-15-12-33(13-16-35)14-17-43-30-19-25(24-4-3-5-28(18-24)42-2)8-11-31(30)44(39,40)36-22-26(37)20-29(36)32(38)34-33/h3-11,18-19,26,29,37H,12-17,20-22H2,1-2H3,(H,34,38)/t26-,29+/m1/s1. The number of nitrogens with zero attached hydrogens (tertiary/aromatic N) is 2. The van der Waals surface area contributed by atoms with Gasteiger partial charge < -0.3 is 24.6 Å². The summed E-state index contributed by atoms with van der Waals surface area (Å²) in [6.45, 7) is 2.39.